The summed E-state index contributed by atoms with van der Waals surface area (Å²) in [5.41, 5.74) is 2.51. The molecule has 25 heavy (non-hydrogen) atoms. The van der Waals surface area contributed by atoms with E-state index in [-0.39, 0.29) is 11.9 Å². The number of rotatable bonds is 6. The van der Waals surface area contributed by atoms with E-state index in [2.05, 4.69) is 11.9 Å². The van der Waals surface area contributed by atoms with Crippen LogP contribution in [0.1, 0.15) is 77.6 Å². The van der Waals surface area contributed by atoms with Crippen molar-refractivity contribution in [2.45, 2.75) is 71.9 Å². The fraction of sp³-hybridized carbons (Fsp3) is 0.600. The Morgan fingerprint density at radius 3 is 2.44 bits per heavy atom. The van der Waals surface area contributed by atoms with Gasteiger partial charge in [0.25, 0.3) is 5.91 Å². The van der Waals surface area contributed by atoms with Gasteiger partial charge in [0.2, 0.25) is 0 Å². The van der Waals surface area contributed by atoms with Gasteiger partial charge in [-0.1, -0.05) is 31.8 Å². The molecule has 0 radical (unpaired) electrons. The summed E-state index contributed by atoms with van der Waals surface area (Å²) >= 11 is 0. The zero-order valence-electron chi connectivity index (χ0n) is 15.7. The highest BCUT2D eigenvalue weighted by Crippen LogP contribution is 2.25. The summed E-state index contributed by atoms with van der Waals surface area (Å²) in [4.78, 5) is 25.3. The number of hydrogen-bond donors (Lipinski definition) is 1. The molecule has 1 amide bonds. The van der Waals surface area contributed by atoms with E-state index in [1.54, 1.807) is 13.0 Å². The number of nitrogens with zero attached hydrogens (tertiary/aromatic N) is 1. The summed E-state index contributed by atoms with van der Waals surface area (Å²) in [5, 5.41) is 3.18. The third-order valence-corrected chi connectivity index (χ3v) is 4.96. The largest absolute Gasteiger partial charge is 0.461 e. The molecule has 1 saturated carbocycles. The normalized spacial score (nSPS) is 15.5. The molecule has 1 N–H and O–H groups in total. The van der Waals surface area contributed by atoms with Crippen LogP contribution >= 0.6 is 0 Å². The Morgan fingerprint density at radius 1 is 1.24 bits per heavy atom. The fourth-order valence-corrected chi connectivity index (χ4v) is 3.73. The van der Waals surface area contributed by atoms with Crippen LogP contribution in [0.3, 0.4) is 0 Å². The highest BCUT2D eigenvalue weighted by molar-refractivity contribution is 6.01. The molecule has 1 aliphatic rings. The summed E-state index contributed by atoms with van der Waals surface area (Å²) in [7, 11) is 0. The first-order chi connectivity index (χ1) is 12.0. The van der Waals surface area contributed by atoms with Crippen LogP contribution in [0.4, 0.5) is 0 Å². The van der Waals surface area contributed by atoms with Crippen molar-refractivity contribution in [2.24, 2.45) is 0 Å². The van der Waals surface area contributed by atoms with Crippen LogP contribution in [0.2, 0.25) is 0 Å². The Labute approximate surface area is 150 Å². The van der Waals surface area contributed by atoms with Crippen LogP contribution in [0, 0.1) is 13.8 Å². The molecule has 138 valence electrons. The van der Waals surface area contributed by atoms with Crippen LogP contribution in [-0.2, 0) is 11.3 Å². The van der Waals surface area contributed by atoms with E-state index in [0.29, 0.717) is 30.0 Å². The number of ether oxygens (including phenoxy) is 1. The van der Waals surface area contributed by atoms with Crippen molar-refractivity contribution in [1.29, 1.82) is 0 Å². The maximum absolute atomic E-state index is 12.9. The Balaban J connectivity index is 2.32. The van der Waals surface area contributed by atoms with Gasteiger partial charge in [-0.3, -0.25) is 4.79 Å². The lowest BCUT2D eigenvalue weighted by atomic mass is 10.1. The second kappa shape index (κ2) is 8.88. The van der Waals surface area contributed by atoms with Gasteiger partial charge in [-0.25, -0.2) is 4.79 Å². The van der Waals surface area contributed by atoms with E-state index in [4.69, 9.17) is 4.74 Å². The molecule has 5 heteroatoms. The Bertz CT molecular complexity index is 638. The van der Waals surface area contributed by atoms with Crippen molar-refractivity contribution in [3.8, 4) is 0 Å². The third-order valence-electron chi connectivity index (χ3n) is 4.96. The molecular formula is C20H30N2O3. The molecule has 0 aliphatic heterocycles. The van der Waals surface area contributed by atoms with E-state index in [9.17, 15) is 9.59 Å². The zero-order chi connectivity index (χ0) is 18.4. The predicted molar refractivity (Wildman–Crippen MR) is 99.0 cm³/mol. The van der Waals surface area contributed by atoms with Crippen LogP contribution in [0.25, 0.3) is 0 Å². The van der Waals surface area contributed by atoms with E-state index in [1.165, 1.54) is 12.8 Å². The lowest BCUT2D eigenvalue weighted by molar-refractivity contribution is 0.0513. The average molecular weight is 346 g/mol. The smallest absolute Gasteiger partial charge is 0.355 e. The molecule has 0 bridgehead atoms. The summed E-state index contributed by atoms with van der Waals surface area (Å²) in [5.74, 6) is -0.478. The number of aromatic nitrogens is 1. The minimum atomic E-state index is -0.390. The van der Waals surface area contributed by atoms with Gasteiger partial charge in [0.1, 0.15) is 5.69 Å². The lowest BCUT2D eigenvalue weighted by Gasteiger charge is -2.16. The maximum atomic E-state index is 12.9. The molecule has 1 aromatic heterocycles. The van der Waals surface area contributed by atoms with Gasteiger partial charge < -0.3 is 14.6 Å². The van der Waals surface area contributed by atoms with Crippen LogP contribution in [-0.4, -0.2) is 29.1 Å². The number of esters is 1. The van der Waals surface area contributed by atoms with Crippen molar-refractivity contribution < 1.29 is 14.3 Å². The minimum Gasteiger partial charge on any atom is -0.461 e. The monoisotopic (exact) mass is 346 g/mol. The third kappa shape index (κ3) is 4.33. The van der Waals surface area contributed by atoms with Crippen molar-refractivity contribution in [3.05, 3.63) is 35.2 Å². The molecule has 2 rings (SSSR count). The molecule has 0 spiro atoms. The molecule has 1 aromatic rings. The molecule has 5 nitrogen and oxygen atoms in total. The Morgan fingerprint density at radius 2 is 1.88 bits per heavy atom. The Kier molecular flexibility index (Phi) is 6.85. The number of hydrogen-bond acceptors (Lipinski definition) is 3. The van der Waals surface area contributed by atoms with Crippen molar-refractivity contribution >= 4 is 11.9 Å². The van der Waals surface area contributed by atoms with E-state index < -0.39 is 5.97 Å². The number of carbonyl (C=O) groups is 2. The summed E-state index contributed by atoms with van der Waals surface area (Å²) in [6.45, 7) is 10.0. The summed E-state index contributed by atoms with van der Waals surface area (Å²) in [6.07, 6.45) is 8.59. The van der Waals surface area contributed by atoms with Gasteiger partial charge in [-0.05, 0) is 39.2 Å². The van der Waals surface area contributed by atoms with Crippen molar-refractivity contribution in [2.75, 3.05) is 6.61 Å². The molecular weight excluding hydrogens is 316 g/mol. The second-order valence-corrected chi connectivity index (χ2v) is 6.72. The standard InChI is InChI=1S/C20H30N2O3/c1-5-13-22-15(4)17(14(3)18(22)20(24)25-6-2)19(23)21-16-11-9-7-8-10-12-16/h5,16H,1,6-13H2,2-4H3,(H,21,23). The quantitative estimate of drug-likeness (QED) is 0.482. The zero-order valence-corrected chi connectivity index (χ0v) is 15.7. The highest BCUT2D eigenvalue weighted by Gasteiger charge is 2.27. The highest BCUT2D eigenvalue weighted by atomic mass is 16.5. The molecule has 0 saturated heterocycles. The maximum Gasteiger partial charge on any atom is 0.355 e. The predicted octanol–water partition coefficient (Wildman–Crippen LogP) is 3.92. The number of allylic oxidation sites excluding steroid dienone is 1. The van der Waals surface area contributed by atoms with Crippen molar-refractivity contribution in [1.82, 2.24) is 9.88 Å². The summed E-state index contributed by atoms with van der Waals surface area (Å²) in [6, 6.07) is 0.225. The van der Waals surface area contributed by atoms with E-state index >= 15 is 0 Å². The summed E-state index contributed by atoms with van der Waals surface area (Å²) < 4.78 is 7.01. The first-order valence-corrected chi connectivity index (χ1v) is 9.29. The van der Waals surface area contributed by atoms with Crippen LogP contribution < -0.4 is 5.32 Å². The number of nitrogens with one attached hydrogen (secondary N) is 1. The first kappa shape index (κ1) is 19.3. The van der Waals surface area contributed by atoms with Crippen molar-refractivity contribution in [3.63, 3.8) is 0 Å². The van der Waals surface area contributed by atoms with Crippen LogP contribution in [0.15, 0.2) is 12.7 Å². The van der Waals surface area contributed by atoms with Gasteiger partial charge in [-0.2, -0.15) is 0 Å². The molecule has 0 atom stereocenters. The van der Waals surface area contributed by atoms with E-state index in [0.717, 1.165) is 31.4 Å². The molecule has 0 aromatic carbocycles. The SMILES string of the molecule is C=CCn1c(C)c(C(=O)NC2CCCCCC2)c(C)c1C(=O)OCC. The number of carbonyl (C=O) groups excluding carboxylic acids is 2. The Hall–Kier alpha value is -2.04. The van der Waals surface area contributed by atoms with Gasteiger partial charge >= 0.3 is 5.97 Å². The lowest BCUT2D eigenvalue weighted by Crippen LogP contribution is -2.35. The molecule has 1 heterocycles. The molecule has 1 fully saturated rings. The van der Waals surface area contributed by atoms with Gasteiger partial charge in [0.15, 0.2) is 0 Å². The topological polar surface area (TPSA) is 60.3 Å². The van der Waals surface area contributed by atoms with Crippen LogP contribution in [0.5, 0.6) is 0 Å². The van der Waals surface area contributed by atoms with E-state index in [1.807, 2.05) is 18.4 Å². The first-order valence-electron chi connectivity index (χ1n) is 9.29. The van der Waals surface area contributed by atoms with Gasteiger partial charge in [0.05, 0.1) is 12.2 Å². The fourth-order valence-electron chi connectivity index (χ4n) is 3.73. The van der Waals surface area contributed by atoms with Gasteiger partial charge in [0, 0.05) is 18.3 Å². The number of amides is 1. The molecule has 0 unspecified atom stereocenters. The molecule has 1 aliphatic carbocycles. The minimum absolute atomic E-state index is 0.0877. The second-order valence-electron chi connectivity index (χ2n) is 6.72. The average Bonchev–Trinajstić information content (AvgIpc) is 2.73. The van der Waals surface area contributed by atoms with Gasteiger partial charge in [-0.15, -0.1) is 6.58 Å².